The molecule has 0 radical (unpaired) electrons. The predicted octanol–water partition coefficient (Wildman–Crippen LogP) is 0.360. The maximum Gasteiger partial charge on any atom is 0.417 e. The molecule has 1 spiro atoms. The van der Waals surface area contributed by atoms with Gasteiger partial charge in [0, 0.05) is 13.0 Å². The van der Waals surface area contributed by atoms with Crippen LogP contribution in [0.5, 0.6) is 0 Å². The molecule has 1 aromatic carbocycles. The van der Waals surface area contributed by atoms with Gasteiger partial charge in [-0.3, -0.25) is 30.4 Å². The fourth-order valence-corrected chi connectivity index (χ4v) is 5.92. The summed E-state index contributed by atoms with van der Waals surface area (Å²) in [6, 6.07) is -0.242. The summed E-state index contributed by atoms with van der Waals surface area (Å²) in [6.45, 7) is 3.81. The fraction of sp³-hybridized carbons (Fsp3) is 0.500. The second-order valence-electron chi connectivity index (χ2n) is 9.49. The number of aromatic nitrogens is 1. The van der Waals surface area contributed by atoms with E-state index < -0.39 is 53.5 Å². The number of fused-ring (bicyclic) bond motifs is 5. The Hall–Kier alpha value is -3.78. The van der Waals surface area contributed by atoms with E-state index in [1.807, 2.05) is 0 Å². The molecule has 5 amide bonds. The minimum absolute atomic E-state index is 0.0575. The molecule has 0 bridgehead atoms. The Morgan fingerprint density at radius 1 is 1.17 bits per heavy atom. The Morgan fingerprint density at radius 2 is 1.89 bits per heavy atom. The molecule has 6 rings (SSSR count). The van der Waals surface area contributed by atoms with Crippen molar-refractivity contribution in [3.05, 3.63) is 17.4 Å². The second-order valence-corrected chi connectivity index (χ2v) is 9.49. The first-order valence-corrected chi connectivity index (χ1v) is 11.5. The zero-order chi connectivity index (χ0) is 25.5. The van der Waals surface area contributed by atoms with E-state index in [0.717, 1.165) is 0 Å². The second kappa shape index (κ2) is 7.61. The van der Waals surface area contributed by atoms with E-state index in [1.165, 1.54) is 4.90 Å². The number of ether oxygens (including phenoxy) is 2. The number of anilines is 2. The van der Waals surface area contributed by atoms with E-state index in [4.69, 9.17) is 14.0 Å². The topological polar surface area (TPSA) is 155 Å². The van der Waals surface area contributed by atoms with E-state index >= 15 is 4.39 Å². The van der Waals surface area contributed by atoms with Gasteiger partial charge in [-0.25, -0.2) is 14.0 Å². The van der Waals surface area contributed by atoms with Crippen LogP contribution in [0, 0.1) is 11.2 Å². The van der Waals surface area contributed by atoms with E-state index in [9.17, 15) is 19.2 Å². The number of cyclic esters (lactones) is 1. The molecule has 1 aromatic heterocycles. The van der Waals surface area contributed by atoms with Crippen molar-refractivity contribution >= 4 is 46.4 Å². The maximum absolute atomic E-state index is 16.1. The van der Waals surface area contributed by atoms with Gasteiger partial charge < -0.3 is 18.9 Å². The smallest absolute Gasteiger partial charge is 0.417 e. The van der Waals surface area contributed by atoms with Gasteiger partial charge in [0.25, 0.3) is 0 Å². The summed E-state index contributed by atoms with van der Waals surface area (Å²) in [5.74, 6) is -2.24. The van der Waals surface area contributed by atoms with Crippen LogP contribution in [0.2, 0.25) is 0 Å². The Kier molecular flexibility index (Phi) is 4.79. The van der Waals surface area contributed by atoms with Gasteiger partial charge in [-0.1, -0.05) is 5.16 Å². The van der Waals surface area contributed by atoms with Crippen molar-refractivity contribution in [2.24, 2.45) is 5.41 Å². The number of nitrogens with one attached hydrogen (secondary N) is 3. The average Bonchev–Trinajstić information content (AvgIpc) is 3.39. The lowest BCUT2D eigenvalue weighted by Gasteiger charge is -2.55. The van der Waals surface area contributed by atoms with Crippen LogP contribution in [0.15, 0.2) is 10.6 Å². The molecule has 14 heteroatoms. The van der Waals surface area contributed by atoms with Crippen LogP contribution in [-0.2, 0) is 25.5 Å². The number of hydrogen-bond donors (Lipinski definition) is 3. The number of benzene rings is 1. The van der Waals surface area contributed by atoms with E-state index in [1.54, 1.807) is 31.9 Å². The Labute approximate surface area is 203 Å². The number of imide groups is 2. The molecule has 3 fully saturated rings. The summed E-state index contributed by atoms with van der Waals surface area (Å²) in [5, 5.41) is 11.4. The zero-order valence-electron chi connectivity index (χ0n) is 19.6. The van der Waals surface area contributed by atoms with Gasteiger partial charge in [0.05, 0.1) is 35.9 Å². The number of morpholine rings is 1. The van der Waals surface area contributed by atoms with E-state index in [0.29, 0.717) is 5.56 Å². The molecule has 0 unspecified atom stereocenters. The van der Waals surface area contributed by atoms with Gasteiger partial charge in [0.15, 0.2) is 23.3 Å². The van der Waals surface area contributed by atoms with E-state index in [2.05, 4.69) is 21.1 Å². The molecule has 3 N–H and O–H groups in total. The first-order valence-electron chi connectivity index (χ1n) is 11.5. The monoisotopic (exact) mass is 502 g/mol. The van der Waals surface area contributed by atoms with Crippen LogP contribution in [0.4, 0.5) is 25.5 Å². The SMILES string of the molecule is CN[C@H]1CN(c2noc3c(F)c4c(cc23)CC2(C(=O)NC(=O)NC2=O)[C@H]2[C@H](C)O[C@H](C)CN42)C(=O)O1. The van der Waals surface area contributed by atoms with Gasteiger partial charge in [0.1, 0.15) is 0 Å². The Morgan fingerprint density at radius 3 is 2.56 bits per heavy atom. The highest BCUT2D eigenvalue weighted by Gasteiger charge is 2.63. The number of carbonyl (C=O) groups excluding carboxylic acids is 4. The highest BCUT2D eigenvalue weighted by Crippen LogP contribution is 2.49. The first-order chi connectivity index (χ1) is 17.1. The van der Waals surface area contributed by atoms with Gasteiger partial charge in [-0.05, 0) is 32.5 Å². The number of halogens is 1. The van der Waals surface area contributed by atoms with Crippen molar-refractivity contribution in [2.75, 3.05) is 29.9 Å². The van der Waals surface area contributed by atoms with E-state index in [-0.39, 0.29) is 48.1 Å². The molecule has 36 heavy (non-hydrogen) atoms. The maximum atomic E-state index is 16.1. The summed E-state index contributed by atoms with van der Waals surface area (Å²) < 4.78 is 32.6. The lowest BCUT2D eigenvalue weighted by molar-refractivity contribution is -0.153. The van der Waals surface area contributed by atoms with Crippen molar-refractivity contribution in [3.63, 3.8) is 0 Å². The third-order valence-electron chi connectivity index (χ3n) is 7.34. The molecule has 4 aliphatic rings. The minimum Gasteiger partial charge on any atom is -0.428 e. The van der Waals surface area contributed by atoms with Crippen molar-refractivity contribution in [3.8, 4) is 0 Å². The largest absolute Gasteiger partial charge is 0.428 e. The van der Waals surface area contributed by atoms with Crippen LogP contribution in [0.1, 0.15) is 19.4 Å². The quantitative estimate of drug-likeness (QED) is 0.490. The molecular formula is C22H23FN6O7. The predicted molar refractivity (Wildman–Crippen MR) is 120 cm³/mol. The van der Waals surface area contributed by atoms with Crippen LogP contribution >= 0.6 is 0 Å². The van der Waals surface area contributed by atoms with Crippen LogP contribution < -0.4 is 25.8 Å². The summed E-state index contributed by atoms with van der Waals surface area (Å²) >= 11 is 0. The van der Waals surface area contributed by atoms with Crippen LogP contribution in [0.3, 0.4) is 0 Å². The number of rotatable bonds is 2. The lowest BCUT2D eigenvalue weighted by atomic mass is 9.66. The lowest BCUT2D eigenvalue weighted by Crippen LogP contribution is -2.75. The van der Waals surface area contributed by atoms with Crippen molar-refractivity contribution in [1.29, 1.82) is 0 Å². The fourth-order valence-electron chi connectivity index (χ4n) is 5.92. The summed E-state index contributed by atoms with van der Waals surface area (Å²) in [5.41, 5.74) is -1.43. The molecule has 0 aliphatic carbocycles. The molecule has 2 aromatic rings. The normalized spacial score (nSPS) is 29.2. The third kappa shape index (κ3) is 2.91. The van der Waals surface area contributed by atoms with Gasteiger partial charge in [0.2, 0.25) is 17.4 Å². The molecule has 13 nitrogen and oxygen atoms in total. The molecule has 3 saturated heterocycles. The minimum atomic E-state index is -1.76. The van der Waals surface area contributed by atoms with Gasteiger partial charge in [-0.2, -0.15) is 0 Å². The number of hydrogen-bond acceptors (Lipinski definition) is 10. The first kappa shape index (κ1) is 22.7. The number of carbonyl (C=O) groups is 4. The summed E-state index contributed by atoms with van der Waals surface area (Å²) in [4.78, 5) is 53.7. The van der Waals surface area contributed by atoms with Crippen molar-refractivity contribution in [1.82, 2.24) is 21.1 Å². The Balaban J connectivity index is 1.55. The highest BCUT2D eigenvalue weighted by atomic mass is 19.1. The molecule has 190 valence electrons. The summed E-state index contributed by atoms with van der Waals surface area (Å²) in [7, 11) is 1.63. The van der Waals surface area contributed by atoms with Crippen LogP contribution in [-0.4, -0.2) is 73.7 Å². The Bertz CT molecular complexity index is 1320. The molecular weight excluding hydrogens is 479 g/mol. The number of likely N-dealkylation sites (N-methyl/N-ethyl adjacent to an activating group) is 1. The van der Waals surface area contributed by atoms with Crippen LogP contribution in [0.25, 0.3) is 11.0 Å². The molecule has 4 aliphatic heterocycles. The molecule has 4 atom stereocenters. The zero-order valence-corrected chi connectivity index (χ0v) is 19.6. The highest BCUT2D eigenvalue weighted by molar-refractivity contribution is 6.20. The number of nitrogens with zero attached hydrogens (tertiary/aromatic N) is 3. The number of urea groups is 1. The van der Waals surface area contributed by atoms with Gasteiger partial charge in [-0.15, -0.1) is 0 Å². The molecule has 0 saturated carbocycles. The standard InChI is InChI=1S/C22H23FN6O7/c1-8-6-28-14-10(5-22(16(28)9(2)34-8)18(30)25-20(32)26-19(22)31)4-11-15(13(14)23)36-27-17(11)29-7-12(24-3)35-21(29)33/h4,8-9,12,16,24H,5-7H2,1-3H3,(H2,25,26,30,31,32)/t8-,9+,12-,16-/m1/s1. The average molecular weight is 502 g/mol. The summed E-state index contributed by atoms with van der Waals surface area (Å²) in [6.07, 6.45) is -2.46. The number of barbiturate groups is 1. The van der Waals surface area contributed by atoms with Gasteiger partial charge >= 0.3 is 12.1 Å². The van der Waals surface area contributed by atoms with Crippen molar-refractivity contribution in [2.45, 2.75) is 44.7 Å². The third-order valence-corrected chi connectivity index (χ3v) is 7.34. The molecule has 5 heterocycles. The van der Waals surface area contributed by atoms with Crippen molar-refractivity contribution < 1.29 is 37.6 Å². The number of amides is 5.